The van der Waals surface area contributed by atoms with Crippen molar-refractivity contribution in [2.75, 3.05) is 26.2 Å². The lowest BCUT2D eigenvalue weighted by molar-refractivity contribution is 0.175. The minimum Gasteiger partial charge on any atom is -0.314 e. The summed E-state index contributed by atoms with van der Waals surface area (Å²) in [5, 5.41) is 12.9. The molecular formula is C12H17Cl3N4. The molecule has 106 valence electrons. The Balaban J connectivity index is 0.00000162. The van der Waals surface area contributed by atoms with Crippen LogP contribution in [0.15, 0.2) is 18.5 Å². The number of nitriles is 1. The van der Waals surface area contributed by atoms with Gasteiger partial charge in [0.15, 0.2) is 0 Å². The van der Waals surface area contributed by atoms with Crippen LogP contribution in [0.3, 0.4) is 0 Å². The van der Waals surface area contributed by atoms with E-state index in [1.807, 2.05) is 6.07 Å². The van der Waals surface area contributed by atoms with Crippen LogP contribution in [-0.2, 0) is 0 Å². The molecule has 19 heavy (non-hydrogen) atoms. The van der Waals surface area contributed by atoms with E-state index in [1.165, 1.54) is 0 Å². The minimum atomic E-state index is 0. The van der Waals surface area contributed by atoms with Crippen LogP contribution in [0.1, 0.15) is 18.0 Å². The monoisotopic (exact) mass is 322 g/mol. The van der Waals surface area contributed by atoms with Crippen LogP contribution >= 0.6 is 36.4 Å². The summed E-state index contributed by atoms with van der Waals surface area (Å²) in [6, 6.07) is 4.24. The van der Waals surface area contributed by atoms with Crippen molar-refractivity contribution in [2.45, 2.75) is 12.5 Å². The van der Waals surface area contributed by atoms with E-state index >= 15 is 0 Å². The smallest absolute Gasteiger partial charge is 0.0641 e. The Morgan fingerprint density at radius 2 is 2.11 bits per heavy atom. The fraction of sp³-hybridized carbons (Fsp3) is 0.500. The van der Waals surface area contributed by atoms with E-state index < -0.39 is 0 Å². The molecule has 0 saturated carbocycles. The number of pyridine rings is 1. The van der Waals surface area contributed by atoms with Crippen LogP contribution in [0, 0.1) is 11.3 Å². The van der Waals surface area contributed by atoms with Crippen LogP contribution in [0.5, 0.6) is 0 Å². The maximum Gasteiger partial charge on any atom is 0.0641 e. The summed E-state index contributed by atoms with van der Waals surface area (Å²) in [4.78, 5) is 6.29. The van der Waals surface area contributed by atoms with Crippen molar-refractivity contribution < 1.29 is 0 Å². The number of aromatic nitrogens is 1. The maximum atomic E-state index is 8.97. The van der Waals surface area contributed by atoms with Crippen LogP contribution in [-0.4, -0.2) is 36.1 Å². The first-order chi connectivity index (χ1) is 8.33. The zero-order chi connectivity index (χ0) is 12.1. The highest BCUT2D eigenvalue weighted by molar-refractivity contribution is 6.31. The van der Waals surface area contributed by atoms with Crippen LogP contribution in [0.4, 0.5) is 0 Å². The van der Waals surface area contributed by atoms with Gasteiger partial charge in [-0.1, -0.05) is 11.6 Å². The molecule has 0 radical (unpaired) electrons. The highest BCUT2D eigenvalue weighted by atomic mass is 35.5. The zero-order valence-corrected chi connectivity index (χ0v) is 12.8. The summed E-state index contributed by atoms with van der Waals surface area (Å²) in [7, 11) is 0. The summed E-state index contributed by atoms with van der Waals surface area (Å²) < 4.78 is 0. The standard InChI is InChI=1S/C12H15ClN4.2ClH/c13-11-9-16-4-2-10(11)12(1-3-14)17-7-5-15-6-8-17;;/h2,4,9,12,15H,1,5-8H2;2*1H/t12-;;/m1../s1. The van der Waals surface area contributed by atoms with Crippen LogP contribution in [0.25, 0.3) is 0 Å². The lowest BCUT2D eigenvalue weighted by atomic mass is 10.0. The molecule has 1 fully saturated rings. The summed E-state index contributed by atoms with van der Waals surface area (Å²) in [6.45, 7) is 3.82. The van der Waals surface area contributed by atoms with Gasteiger partial charge < -0.3 is 5.32 Å². The average Bonchev–Trinajstić information content (AvgIpc) is 2.38. The third kappa shape index (κ3) is 4.79. The lowest BCUT2D eigenvalue weighted by Gasteiger charge is -2.34. The second kappa shape index (κ2) is 9.35. The second-order valence-corrected chi connectivity index (χ2v) is 4.47. The summed E-state index contributed by atoms with van der Waals surface area (Å²) in [5.74, 6) is 0. The van der Waals surface area contributed by atoms with Gasteiger partial charge in [0.2, 0.25) is 0 Å². The highest BCUT2D eigenvalue weighted by Gasteiger charge is 2.23. The van der Waals surface area contributed by atoms with Gasteiger partial charge >= 0.3 is 0 Å². The normalized spacial score (nSPS) is 16.6. The molecule has 0 spiro atoms. The number of rotatable bonds is 3. The molecule has 0 aromatic carbocycles. The molecule has 1 atom stereocenters. The van der Waals surface area contributed by atoms with Gasteiger partial charge in [-0.25, -0.2) is 0 Å². The number of piperazine rings is 1. The largest absolute Gasteiger partial charge is 0.314 e. The Morgan fingerprint density at radius 3 is 2.68 bits per heavy atom. The van der Waals surface area contributed by atoms with Crippen LogP contribution in [0.2, 0.25) is 5.02 Å². The molecule has 1 saturated heterocycles. The molecule has 1 aromatic rings. The fourth-order valence-corrected chi connectivity index (χ4v) is 2.42. The highest BCUT2D eigenvalue weighted by Crippen LogP contribution is 2.29. The van der Waals surface area contributed by atoms with Crippen molar-refractivity contribution in [3.05, 3.63) is 29.0 Å². The van der Waals surface area contributed by atoms with E-state index in [4.69, 9.17) is 16.9 Å². The molecule has 1 aliphatic heterocycles. The first kappa shape index (κ1) is 18.4. The molecule has 1 aliphatic rings. The van der Waals surface area contributed by atoms with Crippen molar-refractivity contribution in [3.63, 3.8) is 0 Å². The topological polar surface area (TPSA) is 52.0 Å². The van der Waals surface area contributed by atoms with E-state index in [0.717, 1.165) is 31.7 Å². The summed E-state index contributed by atoms with van der Waals surface area (Å²) >= 11 is 6.16. The number of nitrogens with zero attached hydrogens (tertiary/aromatic N) is 3. The number of halogens is 3. The van der Waals surface area contributed by atoms with Gasteiger partial charge in [0.25, 0.3) is 0 Å². The van der Waals surface area contributed by atoms with Gasteiger partial charge in [-0.3, -0.25) is 9.88 Å². The lowest BCUT2D eigenvalue weighted by Crippen LogP contribution is -2.45. The molecule has 0 aliphatic carbocycles. The Hall–Kier alpha value is -0.570. The maximum absolute atomic E-state index is 8.97. The van der Waals surface area contributed by atoms with Crippen molar-refractivity contribution in [2.24, 2.45) is 0 Å². The number of hydrogen-bond acceptors (Lipinski definition) is 4. The average molecular weight is 324 g/mol. The predicted molar refractivity (Wildman–Crippen MR) is 81.2 cm³/mol. The van der Waals surface area contributed by atoms with E-state index in [1.54, 1.807) is 12.4 Å². The fourth-order valence-electron chi connectivity index (χ4n) is 2.17. The van der Waals surface area contributed by atoms with Crippen molar-refractivity contribution in [3.8, 4) is 6.07 Å². The van der Waals surface area contributed by atoms with Gasteiger partial charge in [0.05, 0.1) is 17.5 Å². The van der Waals surface area contributed by atoms with Crippen LogP contribution < -0.4 is 5.32 Å². The Labute approximate surface area is 131 Å². The second-order valence-electron chi connectivity index (χ2n) is 4.06. The van der Waals surface area contributed by atoms with Crippen molar-refractivity contribution in [1.82, 2.24) is 15.2 Å². The van der Waals surface area contributed by atoms with E-state index in [0.29, 0.717) is 11.4 Å². The molecule has 0 unspecified atom stereocenters. The molecule has 2 rings (SSSR count). The summed E-state index contributed by atoms with van der Waals surface area (Å²) in [6.07, 6.45) is 3.83. The molecule has 2 heterocycles. The first-order valence-corrected chi connectivity index (χ1v) is 6.12. The van der Waals surface area contributed by atoms with Gasteiger partial charge in [0.1, 0.15) is 0 Å². The molecule has 1 N–H and O–H groups in total. The van der Waals surface area contributed by atoms with E-state index in [2.05, 4.69) is 21.3 Å². The summed E-state index contributed by atoms with van der Waals surface area (Å²) in [5.41, 5.74) is 1.00. The molecule has 0 bridgehead atoms. The molecule has 1 aromatic heterocycles. The van der Waals surface area contributed by atoms with Gasteiger partial charge in [0, 0.05) is 44.6 Å². The molecule has 7 heteroatoms. The van der Waals surface area contributed by atoms with E-state index in [-0.39, 0.29) is 30.9 Å². The Bertz CT molecular complexity index is 416. The zero-order valence-electron chi connectivity index (χ0n) is 10.4. The third-order valence-corrected chi connectivity index (χ3v) is 3.36. The minimum absolute atomic E-state index is 0. The molecular weight excluding hydrogens is 307 g/mol. The van der Waals surface area contributed by atoms with E-state index in [9.17, 15) is 0 Å². The predicted octanol–water partition coefficient (Wildman–Crippen LogP) is 2.44. The number of hydrogen-bond donors (Lipinski definition) is 1. The Morgan fingerprint density at radius 1 is 1.42 bits per heavy atom. The third-order valence-electron chi connectivity index (χ3n) is 3.04. The molecule has 4 nitrogen and oxygen atoms in total. The van der Waals surface area contributed by atoms with Gasteiger partial charge in [-0.05, 0) is 11.6 Å². The quantitative estimate of drug-likeness (QED) is 0.928. The first-order valence-electron chi connectivity index (χ1n) is 5.74. The van der Waals surface area contributed by atoms with Gasteiger partial charge in [-0.2, -0.15) is 5.26 Å². The van der Waals surface area contributed by atoms with Gasteiger partial charge in [-0.15, -0.1) is 24.8 Å². The molecule has 0 amide bonds. The SMILES string of the molecule is Cl.Cl.N#CC[C@H](c1ccncc1Cl)N1CCNCC1. The number of nitrogens with one attached hydrogen (secondary N) is 1. The van der Waals surface area contributed by atoms with Crippen molar-refractivity contribution >= 4 is 36.4 Å². The Kier molecular flexibility index (Phi) is 9.07. The van der Waals surface area contributed by atoms with Crippen molar-refractivity contribution in [1.29, 1.82) is 5.26 Å².